The fraction of sp³-hybridized carbons (Fsp3) is 0.150. The van der Waals surface area contributed by atoms with Crippen LogP contribution in [-0.4, -0.2) is 0 Å². The fourth-order valence-corrected chi connectivity index (χ4v) is 4.15. The number of aryl methyl sites for hydroxylation is 3. The van der Waals surface area contributed by atoms with Crippen molar-refractivity contribution in [2.75, 3.05) is 0 Å². The molecule has 0 aliphatic carbocycles. The largest absolute Gasteiger partial charge is 0.455 e. The molecule has 0 spiro atoms. The highest BCUT2D eigenvalue weighted by Crippen LogP contribution is 2.46. The first kappa shape index (κ1) is 20.6. The molecule has 1 aliphatic heterocycles. The molecule has 1 aliphatic rings. The number of rotatable bonds is 1. The van der Waals surface area contributed by atoms with E-state index >= 15 is 0 Å². The van der Waals surface area contributed by atoms with Crippen LogP contribution in [0.1, 0.15) is 17.0 Å². The van der Waals surface area contributed by atoms with Crippen molar-refractivity contribution in [3.63, 3.8) is 0 Å². The number of aromatic nitrogens is 1. The van der Waals surface area contributed by atoms with Gasteiger partial charge < -0.3 is 4.74 Å². The van der Waals surface area contributed by atoms with E-state index in [1.165, 1.54) is 27.5 Å². The summed E-state index contributed by atoms with van der Waals surface area (Å²) >= 11 is 1.77. The third-order valence-electron chi connectivity index (χ3n) is 4.05. The number of ether oxygens (including phenoxy) is 1. The lowest BCUT2D eigenvalue weighted by atomic mass is 10.2. The normalized spacial score (nSPS) is 12.2. The van der Waals surface area contributed by atoms with Crippen LogP contribution < -0.4 is 27.9 Å². The van der Waals surface area contributed by atoms with Gasteiger partial charge in [-0.1, -0.05) is 23.9 Å². The lowest BCUT2D eigenvalue weighted by molar-refractivity contribution is -2.00. The molecule has 0 fully saturated rings. The first-order valence-corrected chi connectivity index (χ1v) is 10.4. The van der Waals surface area contributed by atoms with Crippen LogP contribution in [0, 0.1) is 31.0 Å². The van der Waals surface area contributed by atoms with Crippen molar-refractivity contribution < 1.29 is 38.2 Å². The van der Waals surface area contributed by atoms with E-state index in [4.69, 9.17) is 23.4 Å². The molecule has 0 saturated carbocycles. The Morgan fingerprint density at radius 3 is 2.00 bits per heavy atom. The Hall–Kier alpha value is -2.13. The molecule has 28 heavy (non-hydrogen) atoms. The minimum absolute atomic E-state index is 0.931. The van der Waals surface area contributed by atoms with Crippen molar-refractivity contribution in [3.8, 4) is 17.2 Å². The van der Waals surface area contributed by atoms with E-state index in [2.05, 4.69) is 61.7 Å². The molecule has 0 amide bonds. The molecule has 0 bridgehead atoms. The number of fused-ring (bicyclic) bond motifs is 2. The summed E-state index contributed by atoms with van der Waals surface area (Å²) in [5, 5.41) is 0. The Bertz CT molecular complexity index is 991. The zero-order valence-electron chi connectivity index (χ0n) is 15.5. The Balaban J connectivity index is 0.000000403. The second kappa shape index (κ2) is 8.08. The van der Waals surface area contributed by atoms with E-state index in [1.807, 2.05) is 18.2 Å². The van der Waals surface area contributed by atoms with Gasteiger partial charge in [0.15, 0.2) is 11.4 Å². The van der Waals surface area contributed by atoms with Gasteiger partial charge in [-0.05, 0) is 30.7 Å². The van der Waals surface area contributed by atoms with Crippen LogP contribution in [-0.2, 0) is 0 Å². The first-order valence-electron chi connectivity index (χ1n) is 8.32. The average Bonchev–Trinajstić information content (AvgIpc) is 2.57. The fourth-order valence-electron chi connectivity index (χ4n) is 3.17. The standard InChI is InChI=1S/C20H18NOS.ClHO4/c1-13-10-14(2)21(15(3)11-13)16-8-9-18-20(12-16)23-19-7-5-4-6-17(19)22-18;2-1(3,4)5/h4-12H,1-3H3;(H,2,3,4,5)/q+1;/p-1. The predicted octanol–water partition coefficient (Wildman–Crippen LogP) is 0.389. The Morgan fingerprint density at radius 1 is 0.786 bits per heavy atom. The van der Waals surface area contributed by atoms with E-state index in [1.54, 1.807) is 11.8 Å². The van der Waals surface area contributed by atoms with Crippen molar-refractivity contribution in [1.29, 1.82) is 0 Å². The third kappa shape index (κ3) is 5.02. The molecule has 0 atom stereocenters. The molecule has 0 saturated heterocycles. The second-order valence-electron chi connectivity index (χ2n) is 6.31. The van der Waals surface area contributed by atoms with E-state index in [0.717, 1.165) is 16.4 Å². The first-order chi connectivity index (χ1) is 13.1. The molecule has 2 aromatic carbocycles. The summed E-state index contributed by atoms with van der Waals surface area (Å²) in [5.41, 5.74) is 4.95. The number of nitrogens with zero attached hydrogens (tertiary/aromatic N) is 1. The van der Waals surface area contributed by atoms with Gasteiger partial charge in [0.1, 0.15) is 11.5 Å². The molecule has 0 radical (unpaired) electrons. The number of benzene rings is 2. The summed E-state index contributed by atoms with van der Waals surface area (Å²) in [6.07, 6.45) is 0. The van der Waals surface area contributed by atoms with Gasteiger partial charge in [-0.2, -0.15) is 4.57 Å². The maximum Gasteiger partial charge on any atom is 0.212 e. The van der Waals surface area contributed by atoms with Crippen molar-refractivity contribution in [1.82, 2.24) is 0 Å². The summed E-state index contributed by atoms with van der Waals surface area (Å²) in [4.78, 5) is 2.33. The molecule has 6 nitrogen and oxygen atoms in total. The van der Waals surface area contributed by atoms with Gasteiger partial charge in [0, 0.05) is 38.1 Å². The Kier molecular flexibility index (Phi) is 5.95. The summed E-state index contributed by atoms with van der Waals surface area (Å²) in [6, 6.07) is 19.0. The van der Waals surface area contributed by atoms with Crippen molar-refractivity contribution in [2.24, 2.45) is 0 Å². The van der Waals surface area contributed by atoms with Crippen molar-refractivity contribution >= 4 is 11.8 Å². The maximum atomic E-state index is 8.49. The number of hydrogen-bond acceptors (Lipinski definition) is 6. The number of hydrogen-bond donors (Lipinski definition) is 0. The zero-order valence-corrected chi connectivity index (χ0v) is 17.0. The molecule has 8 heteroatoms. The SMILES string of the molecule is Cc1cc(C)[n+](-c2ccc3c(c2)Sc2ccccc2O3)c(C)c1.[O-][Cl+3]([O-])([O-])[O-]. The van der Waals surface area contributed by atoms with Crippen LogP contribution in [0.4, 0.5) is 0 Å². The van der Waals surface area contributed by atoms with E-state index < -0.39 is 10.2 Å². The van der Waals surface area contributed by atoms with E-state index in [0.29, 0.717) is 0 Å². The summed E-state index contributed by atoms with van der Waals surface area (Å²) < 4.78 is 42.3. The van der Waals surface area contributed by atoms with Gasteiger partial charge in [-0.25, -0.2) is 18.6 Å². The van der Waals surface area contributed by atoms with Gasteiger partial charge >= 0.3 is 0 Å². The topological polar surface area (TPSA) is 105 Å². The minimum Gasteiger partial charge on any atom is -0.455 e. The molecule has 0 unspecified atom stereocenters. The van der Waals surface area contributed by atoms with Crippen LogP contribution in [0.2, 0.25) is 0 Å². The van der Waals surface area contributed by atoms with E-state index in [-0.39, 0.29) is 0 Å². The monoisotopic (exact) mass is 419 g/mol. The maximum absolute atomic E-state index is 8.49. The summed E-state index contributed by atoms with van der Waals surface area (Å²) in [5.74, 6) is 1.87. The molecule has 3 aromatic rings. The van der Waals surface area contributed by atoms with Gasteiger partial charge in [0.2, 0.25) is 5.69 Å². The molecular formula is C20H18ClNO5S. The molecule has 1 aromatic heterocycles. The predicted molar refractivity (Wildman–Crippen MR) is 92.8 cm³/mol. The number of para-hydroxylation sites is 1. The Labute approximate surface area is 169 Å². The Morgan fingerprint density at radius 2 is 1.36 bits per heavy atom. The van der Waals surface area contributed by atoms with Gasteiger partial charge in [0.05, 0.1) is 9.79 Å². The van der Waals surface area contributed by atoms with Crippen LogP contribution in [0.3, 0.4) is 0 Å². The number of pyridine rings is 1. The highest BCUT2D eigenvalue weighted by molar-refractivity contribution is 7.99. The van der Waals surface area contributed by atoms with Gasteiger partial charge in [-0.15, -0.1) is 10.2 Å². The van der Waals surface area contributed by atoms with Crippen molar-refractivity contribution in [3.05, 3.63) is 71.5 Å². The number of halogens is 1. The van der Waals surface area contributed by atoms with Crippen LogP contribution in [0.25, 0.3) is 5.69 Å². The van der Waals surface area contributed by atoms with Crippen LogP contribution in [0.15, 0.2) is 64.4 Å². The summed E-state index contributed by atoms with van der Waals surface area (Å²) in [7, 11) is -4.94. The molecule has 2 heterocycles. The molecule has 0 N–H and O–H groups in total. The highest BCUT2D eigenvalue weighted by Gasteiger charge is 2.22. The second-order valence-corrected chi connectivity index (χ2v) is 8.15. The molecule has 146 valence electrons. The smallest absolute Gasteiger partial charge is 0.212 e. The zero-order chi connectivity index (χ0) is 20.5. The molecular weight excluding hydrogens is 402 g/mol. The lowest BCUT2D eigenvalue weighted by Gasteiger charge is -2.19. The minimum atomic E-state index is -4.94. The molecule has 4 rings (SSSR count). The lowest BCUT2D eigenvalue weighted by Crippen LogP contribution is -2.68. The highest BCUT2D eigenvalue weighted by atomic mass is 35.7. The van der Waals surface area contributed by atoms with Crippen LogP contribution in [0.5, 0.6) is 11.5 Å². The van der Waals surface area contributed by atoms with E-state index in [9.17, 15) is 0 Å². The van der Waals surface area contributed by atoms with Gasteiger partial charge in [-0.3, -0.25) is 0 Å². The summed E-state index contributed by atoms with van der Waals surface area (Å²) in [6.45, 7) is 6.44. The third-order valence-corrected chi connectivity index (χ3v) is 5.15. The van der Waals surface area contributed by atoms with Crippen LogP contribution >= 0.6 is 11.8 Å². The van der Waals surface area contributed by atoms with Gasteiger partial charge in [0.25, 0.3) is 0 Å². The average molecular weight is 420 g/mol. The van der Waals surface area contributed by atoms with Crippen molar-refractivity contribution in [2.45, 2.75) is 30.6 Å². The quantitative estimate of drug-likeness (QED) is 0.413.